The van der Waals surface area contributed by atoms with Crippen molar-refractivity contribution in [1.82, 2.24) is 16.1 Å². The third kappa shape index (κ3) is 7.89. The maximum Gasteiger partial charge on any atom is 0.338 e. The lowest BCUT2D eigenvalue weighted by Crippen LogP contribution is -2.45. The van der Waals surface area contributed by atoms with E-state index in [0.29, 0.717) is 39.0 Å². The molecule has 1 aliphatic rings. The Labute approximate surface area is 242 Å². The van der Waals surface area contributed by atoms with Gasteiger partial charge in [-0.3, -0.25) is 4.79 Å². The zero-order valence-electron chi connectivity index (χ0n) is 22.5. The highest BCUT2D eigenvalue weighted by atomic mass is 32.1. The van der Waals surface area contributed by atoms with E-state index in [1.165, 1.54) is 12.3 Å². The van der Waals surface area contributed by atoms with Gasteiger partial charge in [0.25, 0.3) is 5.91 Å². The number of rotatable bonds is 11. The molecule has 1 amide bonds. The number of esters is 1. The minimum absolute atomic E-state index is 0.111. The molecule has 4 rings (SSSR count). The van der Waals surface area contributed by atoms with Crippen LogP contribution in [-0.4, -0.2) is 36.4 Å². The molecule has 0 bridgehead atoms. The normalized spacial score (nSPS) is 14.7. The van der Waals surface area contributed by atoms with Gasteiger partial charge in [-0.25, -0.2) is 14.6 Å². The second-order valence-electron chi connectivity index (χ2n) is 8.86. The Morgan fingerprint density at radius 3 is 2.54 bits per heavy atom. The van der Waals surface area contributed by atoms with Crippen LogP contribution in [-0.2, 0) is 20.9 Å². The molecule has 0 unspecified atom stereocenters. The van der Waals surface area contributed by atoms with Gasteiger partial charge in [0.1, 0.15) is 23.9 Å². The van der Waals surface area contributed by atoms with Crippen LogP contribution in [0.25, 0.3) is 0 Å². The van der Waals surface area contributed by atoms with E-state index in [9.17, 15) is 14.0 Å². The number of para-hydroxylation sites is 1. The Morgan fingerprint density at radius 1 is 1.05 bits per heavy atom. The van der Waals surface area contributed by atoms with Crippen LogP contribution in [0.3, 0.4) is 0 Å². The fraction of sp³-hybridized carbons (Fsp3) is 0.200. The number of nitrogens with zero attached hydrogens (tertiary/aromatic N) is 1. The number of thiocarbonyl (C=S) groups is 1. The van der Waals surface area contributed by atoms with E-state index in [4.69, 9.17) is 26.4 Å². The number of halogens is 1. The third-order valence-electron chi connectivity index (χ3n) is 5.99. The van der Waals surface area contributed by atoms with Crippen LogP contribution in [0.15, 0.2) is 89.2 Å². The van der Waals surface area contributed by atoms with Crippen molar-refractivity contribution in [3.05, 3.63) is 107 Å². The maximum absolute atomic E-state index is 13.7. The van der Waals surface area contributed by atoms with Gasteiger partial charge in [-0.1, -0.05) is 36.4 Å². The van der Waals surface area contributed by atoms with E-state index in [1.54, 1.807) is 80.6 Å². The van der Waals surface area contributed by atoms with Crippen molar-refractivity contribution in [2.24, 2.45) is 5.10 Å². The molecule has 3 aromatic carbocycles. The fourth-order valence-corrected chi connectivity index (χ4v) is 4.31. The summed E-state index contributed by atoms with van der Waals surface area (Å²) in [6, 6.07) is 19.8. The van der Waals surface area contributed by atoms with E-state index in [2.05, 4.69) is 21.2 Å². The molecule has 0 saturated heterocycles. The first-order chi connectivity index (χ1) is 19.9. The average Bonchev–Trinajstić information content (AvgIpc) is 2.96. The zero-order chi connectivity index (χ0) is 29.2. The number of amides is 1. The van der Waals surface area contributed by atoms with Gasteiger partial charge < -0.3 is 24.8 Å². The first kappa shape index (κ1) is 29.2. The number of carbonyl (C=O) groups is 2. The number of carbonyl (C=O) groups excluding carboxylic acids is 2. The molecule has 3 aromatic rings. The lowest BCUT2D eigenvalue weighted by Gasteiger charge is -2.30. The van der Waals surface area contributed by atoms with Crippen LogP contribution >= 0.6 is 12.2 Å². The first-order valence-corrected chi connectivity index (χ1v) is 13.2. The molecule has 0 saturated carbocycles. The highest BCUT2D eigenvalue weighted by Crippen LogP contribution is 2.33. The minimum Gasteiger partial charge on any atom is -0.489 e. The number of hydrogen-bond acceptors (Lipinski definition) is 7. The summed E-state index contributed by atoms with van der Waals surface area (Å²) in [7, 11) is 0. The van der Waals surface area contributed by atoms with E-state index in [1.807, 2.05) is 0 Å². The molecule has 9 nitrogen and oxygen atoms in total. The van der Waals surface area contributed by atoms with Crippen LogP contribution in [0.4, 0.5) is 4.39 Å². The molecule has 41 heavy (non-hydrogen) atoms. The quantitative estimate of drug-likeness (QED) is 0.134. The van der Waals surface area contributed by atoms with Crippen molar-refractivity contribution >= 4 is 35.4 Å². The summed E-state index contributed by atoms with van der Waals surface area (Å²) in [4.78, 5) is 25.1. The SMILES string of the molecule is CCOC(=O)C1=C(C)NC(=S)N[C@H]1c1ccccc1OCC(=O)NN=Cc1ccc(OCc2ccccc2F)cc1. The Kier molecular flexibility index (Phi) is 10.0. The third-order valence-corrected chi connectivity index (χ3v) is 6.21. The van der Waals surface area contributed by atoms with Gasteiger partial charge in [0.2, 0.25) is 0 Å². The monoisotopic (exact) mass is 576 g/mol. The molecule has 212 valence electrons. The molecule has 0 aliphatic carbocycles. The van der Waals surface area contributed by atoms with Gasteiger partial charge in [-0.2, -0.15) is 5.10 Å². The molecule has 11 heteroatoms. The van der Waals surface area contributed by atoms with E-state index in [0.717, 1.165) is 5.56 Å². The average molecular weight is 577 g/mol. The number of nitrogens with one attached hydrogen (secondary N) is 3. The highest BCUT2D eigenvalue weighted by Gasteiger charge is 2.32. The summed E-state index contributed by atoms with van der Waals surface area (Å²) in [6.45, 7) is 3.49. The van der Waals surface area contributed by atoms with Gasteiger partial charge in [0.05, 0.1) is 24.4 Å². The lowest BCUT2D eigenvalue weighted by molar-refractivity contribution is -0.139. The van der Waals surface area contributed by atoms with Gasteiger partial charge in [-0.05, 0) is 68.0 Å². The van der Waals surface area contributed by atoms with Crippen LogP contribution in [0, 0.1) is 5.82 Å². The summed E-state index contributed by atoms with van der Waals surface area (Å²) in [5.41, 5.74) is 5.17. The van der Waals surface area contributed by atoms with Crippen molar-refractivity contribution in [3.8, 4) is 11.5 Å². The van der Waals surface area contributed by atoms with Crippen molar-refractivity contribution in [2.45, 2.75) is 26.5 Å². The van der Waals surface area contributed by atoms with Crippen molar-refractivity contribution in [1.29, 1.82) is 0 Å². The summed E-state index contributed by atoms with van der Waals surface area (Å²) < 4.78 is 30.4. The fourth-order valence-electron chi connectivity index (χ4n) is 4.04. The second kappa shape index (κ2) is 14.0. The first-order valence-electron chi connectivity index (χ1n) is 12.8. The maximum atomic E-state index is 13.7. The van der Waals surface area contributed by atoms with Gasteiger partial charge >= 0.3 is 5.97 Å². The molecule has 0 radical (unpaired) electrons. The van der Waals surface area contributed by atoms with Crippen molar-refractivity contribution < 1.29 is 28.2 Å². The largest absolute Gasteiger partial charge is 0.489 e. The standard InChI is InChI=1S/C30H29FN4O5S/c1-3-38-29(37)27-19(2)33-30(41)34-28(27)23-9-5-7-11-25(23)40-18-26(36)35-32-16-20-12-14-22(15-13-20)39-17-21-8-4-6-10-24(21)31/h4-16,28H,3,17-18H2,1-2H3,(H,35,36)(H2,33,34,41)/t28-/m0/s1. The molecular formula is C30H29FN4O5S. The predicted molar refractivity (Wildman–Crippen MR) is 156 cm³/mol. The predicted octanol–water partition coefficient (Wildman–Crippen LogP) is 4.29. The van der Waals surface area contributed by atoms with Crippen molar-refractivity contribution in [3.63, 3.8) is 0 Å². The van der Waals surface area contributed by atoms with Crippen LogP contribution in [0.5, 0.6) is 11.5 Å². The summed E-state index contributed by atoms with van der Waals surface area (Å²) >= 11 is 5.30. The Balaban J connectivity index is 1.33. The van der Waals surface area contributed by atoms with Gasteiger partial charge in [-0.15, -0.1) is 0 Å². The molecule has 1 aliphatic heterocycles. The van der Waals surface area contributed by atoms with Gasteiger partial charge in [0.15, 0.2) is 11.7 Å². The second-order valence-corrected chi connectivity index (χ2v) is 9.27. The van der Waals surface area contributed by atoms with Crippen molar-refractivity contribution in [2.75, 3.05) is 13.2 Å². The van der Waals surface area contributed by atoms with Crippen LogP contribution in [0.2, 0.25) is 0 Å². The minimum atomic E-state index is -0.626. The molecular weight excluding hydrogens is 547 g/mol. The Bertz CT molecular complexity index is 1480. The number of allylic oxidation sites excluding steroid dienone is 1. The van der Waals surface area contributed by atoms with E-state index < -0.39 is 17.9 Å². The molecule has 0 aromatic heterocycles. The molecule has 3 N–H and O–H groups in total. The topological polar surface area (TPSA) is 110 Å². The summed E-state index contributed by atoms with van der Waals surface area (Å²) in [6.07, 6.45) is 1.48. The van der Waals surface area contributed by atoms with Crippen LogP contribution in [0.1, 0.15) is 36.6 Å². The van der Waals surface area contributed by atoms with E-state index in [-0.39, 0.29) is 25.6 Å². The lowest BCUT2D eigenvalue weighted by atomic mass is 9.95. The summed E-state index contributed by atoms with van der Waals surface area (Å²) in [5, 5.41) is 10.4. The van der Waals surface area contributed by atoms with Gasteiger partial charge in [0, 0.05) is 16.8 Å². The molecule has 1 atom stereocenters. The number of hydrogen-bond donors (Lipinski definition) is 3. The number of ether oxygens (including phenoxy) is 3. The highest BCUT2D eigenvalue weighted by molar-refractivity contribution is 7.80. The summed E-state index contributed by atoms with van der Waals surface area (Å²) in [5.74, 6) is -0.313. The number of benzene rings is 3. The number of hydrazone groups is 1. The van der Waals surface area contributed by atoms with Crippen LogP contribution < -0.4 is 25.5 Å². The molecule has 1 heterocycles. The smallest absolute Gasteiger partial charge is 0.338 e. The van der Waals surface area contributed by atoms with E-state index >= 15 is 0 Å². The zero-order valence-corrected chi connectivity index (χ0v) is 23.3. The molecule has 0 fully saturated rings. The molecule has 0 spiro atoms. The Morgan fingerprint density at radius 2 is 1.78 bits per heavy atom. The Hall–Kier alpha value is -4.77.